The van der Waals surface area contributed by atoms with E-state index in [0.717, 1.165) is 44.2 Å². The summed E-state index contributed by atoms with van der Waals surface area (Å²) in [4.78, 5) is 0. The first-order chi connectivity index (χ1) is 28.6. The highest BCUT2D eigenvalue weighted by atomic mass is 16.3. The molecule has 0 fully saturated rings. The van der Waals surface area contributed by atoms with E-state index in [9.17, 15) is 5.48 Å². The summed E-state index contributed by atoms with van der Waals surface area (Å²) in [6.45, 7) is 0. The van der Waals surface area contributed by atoms with Gasteiger partial charge < -0.3 is 4.42 Å². The third kappa shape index (κ3) is 4.94. The Morgan fingerprint density at radius 2 is 0.765 bits per heavy atom. The number of rotatable bonds is 5. The van der Waals surface area contributed by atoms with Gasteiger partial charge in [-0.25, -0.2) is 0 Å². The van der Waals surface area contributed by atoms with Crippen molar-refractivity contribution in [2.45, 2.75) is 0 Å². The Morgan fingerprint density at radius 3 is 1.33 bits per heavy atom. The summed E-state index contributed by atoms with van der Waals surface area (Å²) in [6, 6.07) is 44.7. The number of hydrogen-bond donors (Lipinski definition) is 0. The lowest BCUT2D eigenvalue weighted by atomic mass is 9.85. The fraction of sp³-hybridized carbons (Fsp3) is 0. The largest absolute Gasteiger partial charge is 0.456 e. The first kappa shape index (κ1) is 22.1. The van der Waals surface area contributed by atoms with E-state index >= 15 is 0 Å². The van der Waals surface area contributed by atoms with Crippen LogP contribution in [0, 0.1) is 0 Å². The molecule has 1 aromatic heterocycles. The van der Waals surface area contributed by atoms with E-state index in [1.165, 1.54) is 0 Å². The molecule has 0 bridgehead atoms. The van der Waals surface area contributed by atoms with E-state index in [-0.39, 0.29) is 45.7 Å². The van der Waals surface area contributed by atoms with Gasteiger partial charge in [0, 0.05) is 10.8 Å². The smallest absolute Gasteiger partial charge is 0.135 e. The van der Waals surface area contributed by atoms with Crippen LogP contribution in [0.2, 0.25) is 0 Å². The van der Waals surface area contributed by atoms with Gasteiger partial charge in [-0.15, -0.1) is 0 Å². The molecule has 51 heavy (non-hydrogen) atoms. The van der Waals surface area contributed by atoms with Crippen molar-refractivity contribution in [1.29, 1.82) is 0 Å². The van der Waals surface area contributed by atoms with Crippen molar-refractivity contribution in [3.8, 4) is 55.6 Å². The van der Waals surface area contributed by atoms with E-state index in [0.29, 0.717) is 33.4 Å². The predicted molar refractivity (Wildman–Crippen MR) is 216 cm³/mol. The summed E-state index contributed by atoms with van der Waals surface area (Å²) in [5.41, 5.74) is 9.27. The summed E-state index contributed by atoms with van der Waals surface area (Å²) in [7, 11) is 0. The fourth-order valence-electron chi connectivity index (χ4n) is 7.37. The second kappa shape index (κ2) is 12.0. The molecule has 0 spiro atoms. The molecule has 9 aromatic carbocycles. The van der Waals surface area contributed by atoms with E-state index in [1.54, 1.807) is 30.3 Å². The quantitative estimate of drug-likeness (QED) is 0.168. The van der Waals surface area contributed by atoms with Crippen LogP contribution in [0.25, 0.3) is 99.1 Å². The third-order valence-electron chi connectivity index (χ3n) is 9.72. The third-order valence-corrected chi connectivity index (χ3v) is 9.72. The van der Waals surface area contributed by atoms with E-state index in [4.69, 9.17) is 9.90 Å². The highest BCUT2D eigenvalue weighted by Crippen LogP contribution is 2.45. The first-order valence-corrected chi connectivity index (χ1v) is 16.9. The van der Waals surface area contributed by atoms with Gasteiger partial charge in [0.2, 0.25) is 0 Å². The lowest BCUT2D eigenvalue weighted by molar-refractivity contribution is 0.669. The molecular weight excluding hydrogens is 617 g/mol. The van der Waals surface area contributed by atoms with Crippen molar-refractivity contribution in [3.63, 3.8) is 0 Å². The zero-order valence-electron chi connectivity index (χ0n) is 35.3. The van der Waals surface area contributed by atoms with Gasteiger partial charge in [0.05, 0.1) is 11.0 Å². The van der Waals surface area contributed by atoms with Gasteiger partial charge in [-0.2, -0.15) is 0 Å². The van der Waals surface area contributed by atoms with Crippen LogP contribution in [-0.2, 0) is 0 Å². The second-order valence-electron chi connectivity index (χ2n) is 12.6. The highest BCUT2D eigenvalue weighted by Gasteiger charge is 2.18. The molecule has 10 rings (SSSR count). The maximum atomic E-state index is 9.33. The van der Waals surface area contributed by atoms with E-state index < -0.39 is 24.2 Å². The Hall–Kier alpha value is -6.70. The maximum Gasteiger partial charge on any atom is 0.135 e. The minimum Gasteiger partial charge on any atom is -0.456 e. The normalized spacial score (nSPS) is 13.7. The second-order valence-corrected chi connectivity index (χ2v) is 12.6. The van der Waals surface area contributed by atoms with Gasteiger partial charge in [-0.3, -0.25) is 0 Å². The summed E-state index contributed by atoms with van der Waals surface area (Å²) in [5, 5.41) is 2.27. The van der Waals surface area contributed by atoms with Gasteiger partial charge in [0.1, 0.15) is 11.2 Å². The number of fused-ring (bicyclic) bond motifs is 5. The minimum atomic E-state index is -0.436. The summed E-state index contributed by atoms with van der Waals surface area (Å²) < 4.78 is 78.6. The molecule has 0 unspecified atom stereocenters. The Bertz CT molecular complexity index is 3260. The van der Waals surface area contributed by atoms with Crippen LogP contribution in [0.15, 0.2) is 198 Å². The molecule has 0 aliphatic carbocycles. The number of benzene rings is 9. The molecule has 10 aromatic rings. The standard InChI is InChI=1S/C50H32O/c1-4-14-33(15-5-1)36-24-27-39(34-16-6-2-7-17-34)44(30-36)37-25-28-47-45(31-37)46-32-38(26-29-48(46)51-47)50-42-22-12-10-20-40(42)49(35-18-8-3-9-19-35)41-21-11-13-23-43(41)50/h1-32H/i10D,11D,12D,13D,20D,21D,22D,23D. The van der Waals surface area contributed by atoms with Gasteiger partial charge in [-0.05, 0) is 108 Å². The molecule has 0 radical (unpaired) electrons. The Kier molecular flexibility index (Phi) is 5.21. The SMILES string of the molecule is [2H]c1c([2H])c([2H])c2c(-c3ccc4oc5ccc(-c6cc(-c7ccccc7)ccc6-c6ccccc6)cc5c4c3)c3c([2H])c([2H])c([2H])c([2H])c3c(-c3ccccc3)c2c1[2H]. The van der Waals surface area contributed by atoms with Crippen LogP contribution in [0.4, 0.5) is 0 Å². The Morgan fingerprint density at radius 1 is 0.314 bits per heavy atom. The van der Waals surface area contributed by atoms with Crippen LogP contribution in [0.5, 0.6) is 0 Å². The predicted octanol–water partition coefficient (Wildman–Crippen LogP) is 14.2. The Balaban J connectivity index is 1.29. The first-order valence-electron chi connectivity index (χ1n) is 20.9. The topological polar surface area (TPSA) is 13.1 Å². The minimum absolute atomic E-state index is 0.172. The Labute approximate surface area is 307 Å². The molecular formula is C50H32O. The molecule has 0 saturated heterocycles. The monoisotopic (exact) mass is 656 g/mol. The van der Waals surface area contributed by atoms with Gasteiger partial charge in [-0.1, -0.05) is 164 Å². The molecule has 1 heteroatoms. The highest BCUT2D eigenvalue weighted by molar-refractivity contribution is 6.22. The zero-order valence-corrected chi connectivity index (χ0v) is 27.3. The summed E-state index contributed by atoms with van der Waals surface area (Å²) in [6.07, 6.45) is 0. The van der Waals surface area contributed by atoms with Crippen LogP contribution in [0.1, 0.15) is 11.0 Å². The van der Waals surface area contributed by atoms with Crippen molar-refractivity contribution in [2.24, 2.45) is 0 Å². The van der Waals surface area contributed by atoms with Gasteiger partial charge in [0.25, 0.3) is 0 Å². The van der Waals surface area contributed by atoms with Gasteiger partial charge in [0.15, 0.2) is 0 Å². The molecule has 238 valence electrons. The maximum absolute atomic E-state index is 9.33. The fourth-order valence-corrected chi connectivity index (χ4v) is 7.37. The molecule has 0 amide bonds. The van der Waals surface area contributed by atoms with Crippen LogP contribution in [-0.4, -0.2) is 0 Å². The van der Waals surface area contributed by atoms with Crippen LogP contribution >= 0.6 is 0 Å². The molecule has 0 atom stereocenters. The van der Waals surface area contributed by atoms with Crippen molar-refractivity contribution in [3.05, 3.63) is 194 Å². The average Bonchev–Trinajstić information content (AvgIpc) is 3.65. The molecule has 0 aliphatic rings. The molecule has 0 aliphatic heterocycles. The van der Waals surface area contributed by atoms with E-state index in [1.807, 2.05) is 60.7 Å². The molecule has 1 nitrogen and oxygen atoms in total. The lowest BCUT2D eigenvalue weighted by Crippen LogP contribution is -1.90. The lowest BCUT2D eigenvalue weighted by Gasteiger charge is -2.17. The number of hydrogen-bond acceptors (Lipinski definition) is 1. The van der Waals surface area contributed by atoms with Crippen molar-refractivity contribution < 1.29 is 15.4 Å². The van der Waals surface area contributed by atoms with Crippen molar-refractivity contribution in [2.75, 3.05) is 0 Å². The summed E-state index contributed by atoms with van der Waals surface area (Å²) in [5.74, 6) is 0. The zero-order chi connectivity index (χ0) is 40.7. The van der Waals surface area contributed by atoms with Crippen molar-refractivity contribution in [1.82, 2.24) is 0 Å². The molecule has 0 N–H and O–H groups in total. The van der Waals surface area contributed by atoms with E-state index in [2.05, 4.69) is 54.6 Å². The van der Waals surface area contributed by atoms with Crippen LogP contribution < -0.4 is 0 Å². The number of furan rings is 1. The van der Waals surface area contributed by atoms with Gasteiger partial charge >= 0.3 is 0 Å². The van der Waals surface area contributed by atoms with Crippen molar-refractivity contribution >= 4 is 43.5 Å². The molecule has 1 heterocycles. The average molecular weight is 657 g/mol. The summed E-state index contributed by atoms with van der Waals surface area (Å²) >= 11 is 0. The molecule has 0 saturated carbocycles. The van der Waals surface area contributed by atoms with Crippen LogP contribution in [0.3, 0.4) is 0 Å².